The van der Waals surface area contributed by atoms with Crippen molar-refractivity contribution in [2.24, 2.45) is 23.7 Å². The minimum Gasteiger partial charge on any atom is -0.481 e. The van der Waals surface area contributed by atoms with Crippen LogP contribution >= 0.6 is 0 Å². The minimum atomic E-state index is -0.729. The highest BCUT2D eigenvalue weighted by Gasteiger charge is 2.45. The molecule has 2 saturated carbocycles. The van der Waals surface area contributed by atoms with Gasteiger partial charge in [-0.05, 0) is 75.5 Å². The molecule has 146 valence electrons. The molecule has 2 fully saturated rings. The smallest absolute Gasteiger partial charge is 0.303 e. The number of hydrogen-bond acceptors (Lipinski definition) is 3. The fraction of sp³-hybridized carbons (Fsp3) is 0.773. The van der Waals surface area contributed by atoms with Crippen LogP contribution in [0.4, 0.5) is 0 Å². The molecule has 0 bridgehead atoms. The van der Waals surface area contributed by atoms with E-state index in [1.165, 1.54) is 5.57 Å². The van der Waals surface area contributed by atoms with Crippen LogP contribution in [0.3, 0.4) is 0 Å². The van der Waals surface area contributed by atoms with Gasteiger partial charge in [0, 0.05) is 12.8 Å². The van der Waals surface area contributed by atoms with Crippen molar-refractivity contribution in [3.8, 4) is 11.8 Å². The average Bonchev–Trinajstić information content (AvgIpc) is 3.10. The average molecular weight is 363 g/mol. The molecule has 0 aromatic rings. The number of aliphatic carboxylic acids is 1. The number of hydrogen-bond donors (Lipinski definition) is 3. The van der Waals surface area contributed by atoms with Crippen LogP contribution in [0.1, 0.15) is 71.6 Å². The Bertz CT molecular complexity index is 556. The second-order valence-electron chi connectivity index (χ2n) is 8.20. The fourth-order valence-corrected chi connectivity index (χ4v) is 4.75. The van der Waals surface area contributed by atoms with Gasteiger partial charge in [-0.15, -0.1) is 11.8 Å². The van der Waals surface area contributed by atoms with Gasteiger partial charge < -0.3 is 15.3 Å². The molecule has 0 aromatic carbocycles. The van der Waals surface area contributed by atoms with Crippen molar-refractivity contribution in [2.75, 3.05) is 0 Å². The van der Waals surface area contributed by atoms with E-state index in [1.54, 1.807) is 0 Å². The third kappa shape index (κ3) is 5.86. The van der Waals surface area contributed by atoms with Crippen LogP contribution in [0.2, 0.25) is 0 Å². The second kappa shape index (κ2) is 10.1. The summed E-state index contributed by atoms with van der Waals surface area (Å²) in [6.45, 7) is 3.86. The first kappa shape index (κ1) is 21.0. The molecular weight excluding hydrogens is 328 g/mol. The first-order valence-corrected chi connectivity index (χ1v) is 10.1. The molecular formula is C22H34O4. The summed E-state index contributed by atoms with van der Waals surface area (Å²) >= 11 is 0. The number of fused-ring (bicyclic) bond motifs is 1. The Labute approximate surface area is 157 Å². The van der Waals surface area contributed by atoms with E-state index < -0.39 is 5.97 Å². The van der Waals surface area contributed by atoms with Crippen LogP contribution < -0.4 is 0 Å². The number of carboxylic acid groups (broad SMARTS) is 1. The van der Waals surface area contributed by atoms with Gasteiger partial charge in [0.2, 0.25) is 0 Å². The molecule has 2 aliphatic rings. The van der Waals surface area contributed by atoms with Gasteiger partial charge in [0.15, 0.2) is 0 Å². The first-order chi connectivity index (χ1) is 12.4. The lowest BCUT2D eigenvalue weighted by Crippen LogP contribution is -2.24. The molecule has 0 amide bonds. The van der Waals surface area contributed by atoms with Gasteiger partial charge in [0.1, 0.15) is 0 Å². The van der Waals surface area contributed by atoms with Crippen molar-refractivity contribution < 1.29 is 20.1 Å². The lowest BCUT2D eigenvalue weighted by atomic mass is 9.85. The lowest BCUT2D eigenvalue weighted by molar-refractivity contribution is -0.137. The van der Waals surface area contributed by atoms with Gasteiger partial charge in [-0.25, -0.2) is 0 Å². The van der Waals surface area contributed by atoms with Crippen molar-refractivity contribution in [3.05, 3.63) is 11.6 Å². The predicted octanol–water partition coefficient (Wildman–Crippen LogP) is 3.77. The molecule has 0 spiro atoms. The second-order valence-corrected chi connectivity index (χ2v) is 8.20. The van der Waals surface area contributed by atoms with Gasteiger partial charge in [0.05, 0.1) is 12.2 Å². The summed E-state index contributed by atoms with van der Waals surface area (Å²) in [6.07, 6.45) is 8.69. The highest BCUT2D eigenvalue weighted by Crippen LogP contribution is 2.51. The molecule has 6 atom stereocenters. The zero-order valence-corrected chi connectivity index (χ0v) is 16.2. The van der Waals surface area contributed by atoms with Gasteiger partial charge in [-0.2, -0.15) is 0 Å². The van der Waals surface area contributed by atoms with Crippen molar-refractivity contribution in [2.45, 2.75) is 83.8 Å². The number of aliphatic hydroxyl groups is 2. The summed E-state index contributed by atoms with van der Waals surface area (Å²) in [4.78, 5) is 10.6. The lowest BCUT2D eigenvalue weighted by Gasteiger charge is -2.24. The molecule has 4 heteroatoms. The van der Waals surface area contributed by atoms with Crippen LogP contribution in [0.25, 0.3) is 0 Å². The highest BCUT2D eigenvalue weighted by atomic mass is 16.4. The maximum Gasteiger partial charge on any atom is 0.303 e. The maximum atomic E-state index is 10.6. The Kier molecular flexibility index (Phi) is 8.18. The molecule has 26 heavy (non-hydrogen) atoms. The van der Waals surface area contributed by atoms with Crippen molar-refractivity contribution in [3.63, 3.8) is 0 Å². The SMILES string of the molecule is CC#CCC(C)C(O)CCC1C(O)CC2CC(=CCCCC(=O)O)CC21. The molecule has 2 rings (SSSR count). The number of carbonyl (C=O) groups is 1. The van der Waals surface area contributed by atoms with E-state index in [0.29, 0.717) is 18.3 Å². The van der Waals surface area contributed by atoms with Crippen molar-refractivity contribution in [1.82, 2.24) is 0 Å². The standard InChI is InChI=1S/C22H34O4/c1-3-4-7-15(2)20(23)11-10-18-19-13-16(8-5-6-9-22(25)26)12-17(19)14-21(18)24/h8,15,17-21,23-24H,5-7,9-14H2,1-2H3,(H,25,26). The zero-order valence-electron chi connectivity index (χ0n) is 16.2. The number of unbranched alkanes of at least 4 members (excludes halogenated alkanes) is 1. The van der Waals surface area contributed by atoms with Gasteiger partial charge in [-0.1, -0.05) is 18.6 Å². The van der Waals surface area contributed by atoms with E-state index in [-0.39, 0.29) is 30.5 Å². The molecule has 0 saturated heterocycles. The van der Waals surface area contributed by atoms with E-state index in [4.69, 9.17) is 5.11 Å². The molecule has 0 radical (unpaired) electrons. The summed E-state index contributed by atoms with van der Waals surface area (Å²) in [5.41, 5.74) is 1.44. The normalized spacial score (nSPS) is 31.3. The highest BCUT2D eigenvalue weighted by molar-refractivity contribution is 5.66. The maximum absolute atomic E-state index is 10.6. The van der Waals surface area contributed by atoms with E-state index in [9.17, 15) is 15.0 Å². The van der Waals surface area contributed by atoms with E-state index in [2.05, 4.69) is 17.9 Å². The fourth-order valence-electron chi connectivity index (χ4n) is 4.75. The summed E-state index contributed by atoms with van der Waals surface area (Å²) < 4.78 is 0. The third-order valence-corrected chi connectivity index (χ3v) is 6.30. The number of carboxylic acids is 1. The Balaban J connectivity index is 1.81. The van der Waals surface area contributed by atoms with Crippen molar-refractivity contribution in [1.29, 1.82) is 0 Å². The zero-order chi connectivity index (χ0) is 19.1. The number of rotatable bonds is 9. The first-order valence-electron chi connectivity index (χ1n) is 10.1. The predicted molar refractivity (Wildman–Crippen MR) is 102 cm³/mol. The van der Waals surface area contributed by atoms with Crippen molar-refractivity contribution >= 4 is 5.97 Å². The van der Waals surface area contributed by atoms with E-state index in [0.717, 1.165) is 44.9 Å². The third-order valence-electron chi connectivity index (χ3n) is 6.30. The summed E-state index contributed by atoms with van der Waals surface area (Å²) in [7, 11) is 0. The van der Waals surface area contributed by atoms with Crippen LogP contribution in [0.5, 0.6) is 0 Å². The van der Waals surface area contributed by atoms with E-state index in [1.807, 2.05) is 13.8 Å². The van der Waals surface area contributed by atoms with Crippen LogP contribution in [-0.4, -0.2) is 33.5 Å². The monoisotopic (exact) mass is 362 g/mol. The Morgan fingerprint density at radius 3 is 2.85 bits per heavy atom. The minimum absolute atomic E-state index is 0.171. The summed E-state index contributed by atoms with van der Waals surface area (Å²) in [5.74, 6) is 6.72. The largest absolute Gasteiger partial charge is 0.481 e. The van der Waals surface area contributed by atoms with Gasteiger partial charge in [-0.3, -0.25) is 4.79 Å². The molecule has 4 nitrogen and oxygen atoms in total. The Hall–Kier alpha value is -1.31. The Morgan fingerprint density at radius 1 is 1.38 bits per heavy atom. The molecule has 0 heterocycles. The quantitative estimate of drug-likeness (QED) is 0.331. The topological polar surface area (TPSA) is 77.8 Å². The summed E-state index contributed by atoms with van der Waals surface area (Å²) in [6, 6.07) is 0. The van der Waals surface area contributed by atoms with Gasteiger partial charge in [0.25, 0.3) is 0 Å². The van der Waals surface area contributed by atoms with E-state index >= 15 is 0 Å². The summed E-state index contributed by atoms with van der Waals surface area (Å²) in [5, 5.41) is 29.5. The Morgan fingerprint density at radius 2 is 2.15 bits per heavy atom. The molecule has 2 aliphatic carbocycles. The molecule has 0 aliphatic heterocycles. The molecule has 6 unspecified atom stereocenters. The van der Waals surface area contributed by atoms with Crippen LogP contribution in [0.15, 0.2) is 11.6 Å². The number of aliphatic hydroxyl groups excluding tert-OH is 2. The van der Waals surface area contributed by atoms with Gasteiger partial charge >= 0.3 is 5.97 Å². The molecule has 0 aromatic heterocycles. The van der Waals surface area contributed by atoms with Crippen LogP contribution in [-0.2, 0) is 4.79 Å². The molecule has 3 N–H and O–H groups in total. The van der Waals surface area contributed by atoms with Crippen LogP contribution in [0, 0.1) is 35.5 Å². The number of allylic oxidation sites excluding steroid dienone is 2.